The summed E-state index contributed by atoms with van der Waals surface area (Å²) >= 11 is 0. The summed E-state index contributed by atoms with van der Waals surface area (Å²) in [6.07, 6.45) is 0. The quantitative estimate of drug-likeness (QED) is 0.733. The van der Waals surface area contributed by atoms with Crippen LogP contribution in [-0.4, -0.2) is 13.1 Å². The van der Waals surface area contributed by atoms with Gasteiger partial charge in [0, 0.05) is 32.7 Å². The van der Waals surface area contributed by atoms with Crippen molar-refractivity contribution in [2.24, 2.45) is 0 Å². The molecule has 0 aliphatic rings. The largest absolute Gasteiger partial charge is 0.698 e. The molecule has 0 fully saturated rings. The van der Waals surface area contributed by atoms with E-state index in [1.807, 2.05) is 6.92 Å². The van der Waals surface area contributed by atoms with Gasteiger partial charge in [-0.2, -0.15) is 0 Å². The van der Waals surface area contributed by atoms with Gasteiger partial charge in [0.1, 0.15) is 0 Å². The van der Waals surface area contributed by atoms with Gasteiger partial charge in [0.2, 0.25) is 0 Å². The first-order valence-electron chi connectivity index (χ1n) is 3.55. The van der Waals surface area contributed by atoms with E-state index in [0.717, 1.165) is 5.56 Å². The second-order valence-electron chi connectivity index (χ2n) is 2.52. The number of nitrogens with two attached hydrogens (primary N) is 1. The van der Waals surface area contributed by atoms with Gasteiger partial charge in [-0.25, -0.2) is 4.79 Å². The molecule has 1 radical (unpaired) electrons. The SMILES string of the molecule is COC(=O)c1ccc(C)c([NH-])c1.[NH2-].[Y]. The molecule has 0 heterocycles. The van der Waals surface area contributed by atoms with Gasteiger partial charge in [-0.3, -0.25) is 0 Å². The van der Waals surface area contributed by atoms with Crippen molar-refractivity contribution in [2.75, 3.05) is 7.11 Å². The minimum atomic E-state index is -0.400. The minimum Gasteiger partial charge on any atom is -0.698 e. The van der Waals surface area contributed by atoms with Crippen LogP contribution in [0.4, 0.5) is 5.69 Å². The summed E-state index contributed by atoms with van der Waals surface area (Å²) < 4.78 is 4.51. The average Bonchev–Trinajstić information content (AvgIpc) is 2.08. The summed E-state index contributed by atoms with van der Waals surface area (Å²) in [5, 5.41) is 0. The van der Waals surface area contributed by atoms with Crippen molar-refractivity contribution in [3.63, 3.8) is 0 Å². The Hall–Kier alpha value is -0.446. The molecule has 0 amide bonds. The molecular weight excluding hydrogens is 257 g/mol. The number of hydrogen-bond acceptors (Lipinski definition) is 2. The Kier molecular flexibility index (Phi) is 7.92. The Morgan fingerprint density at radius 1 is 1.43 bits per heavy atom. The molecule has 3 N–H and O–H groups in total. The number of carbonyl (C=O) groups is 1. The standard InChI is InChI=1S/C9H10NO2.H2N.Y/c1-6-3-4-7(5-8(6)10)9(11)12-2;;/h3-5,10H,1-2H3;1H2;/q2*-1;. The number of aryl methyl sites for hydroxylation is 1. The summed E-state index contributed by atoms with van der Waals surface area (Å²) in [6.45, 7) is 1.82. The first-order chi connectivity index (χ1) is 5.65. The fourth-order valence-corrected chi connectivity index (χ4v) is 0.867. The second-order valence-corrected chi connectivity index (χ2v) is 2.52. The molecule has 4 nitrogen and oxygen atoms in total. The van der Waals surface area contributed by atoms with Crippen molar-refractivity contribution in [3.05, 3.63) is 41.2 Å². The van der Waals surface area contributed by atoms with Crippen molar-refractivity contribution in [2.45, 2.75) is 6.92 Å². The van der Waals surface area contributed by atoms with Crippen LogP contribution in [0.5, 0.6) is 0 Å². The van der Waals surface area contributed by atoms with Gasteiger partial charge in [-0.05, 0) is 13.0 Å². The topological polar surface area (TPSA) is 83.6 Å². The smallest absolute Gasteiger partial charge is 0.337 e. The van der Waals surface area contributed by atoms with E-state index in [4.69, 9.17) is 5.73 Å². The fourth-order valence-electron chi connectivity index (χ4n) is 0.867. The monoisotopic (exact) mass is 269 g/mol. The molecule has 5 heteroatoms. The molecule has 0 aliphatic carbocycles. The van der Waals surface area contributed by atoms with Crippen molar-refractivity contribution in [1.82, 2.24) is 0 Å². The van der Waals surface area contributed by atoms with E-state index in [2.05, 4.69) is 4.74 Å². The zero-order valence-corrected chi connectivity index (χ0v) is 11.0. The van der Waals surface area contributed by atoms with Gasteiger partial charge < -0.3 is 16.6 Å². The number of hydrogen-bond donors (Lipinski definition) is 0. The van der Waals surface area contributed by atoms with E-state index in [9.17, 15) is 4.79 Å². The molecule has 0 bridgehead atoms. The first kappa shape index (κ1) is 16.0. The Balaban J connectivity index is 0. The number of methoxy groups -OCH3 is 1. The van der Waals surface area contributed by atoms with Gasteiger partial charge >= 0.3 is 5.97 Å². The maximum atomic E-state index is 11.0. The Morgan fingerprint density at radius 2 is 2.00 bits per heavy atom. The molecule has 0 unspecified atom stereocenters. The van der Waals surface area contributed by atoms with Gasteiger partial charge in [-0.1, -0.05) is 17.7 Å². The fraction of sp³-hybridized carbons (Fsp3) is 0.222. The van der Waals surface area contributed by atoms with Crippen LogP contribution < -0.4 is 0 Å². The third kappa shape index (κ3) is 3.74. The van der Waals surface area contributed by atoms with Crippen LogP contribution in [-0.2, 0) is 37.4 Å². The van der Waals surface area contributed by atoms with Crippen LogP contribution in [0.25, 0.3) is 11.9 Å². The zero-order valence-electron chi connectivity index (χ0n) is 8.20. The van der Waals surface area contributed by atoms with Crippen molar-refractivity contribution >= 4 is 11.7 Å². The summed E-state index contributed by atoms with van der Waals surface area (Å²) in [5.74, 6) is -0.400. The van der Waals surface area contributed by atoms with Crippen LogP contribution in [0.3, 0.4) is 0 Å². The normalized spacial score (nSPS) is 8.14. The van der Waals surface area contributed by atoms with Crippen molar-refractivity contribution in [3.8, 4) is 0 Å². The average molecular weight is 269 g/mol. The molecule has 0 aliphatic heterocycles. The summed E-state index contributed by atoms with van der Waals surface area (Å²) in [7, 11) is 1.33. The summed E-state index contributed by atoms with van der Waals surface area (Å²) in [4.78, 5) is 11.0. The van der Waals surface area contributed by atoms with Crippen LogP contribution in [0.2, 0.25) is 0 Å². The molecule has 14 heavy (non-hydrogen) atoms. The molecule has 0 aromatic heterocycles. The number of nitrogens with one attached hydrogen (secondary N) is 1. The van der Waals surface area contributed by atoms with E-state index in [0.29, 0.717) is 11.3 Å². The molecule has 0 saturated heterocycles. The number of benzene rings is 1. The van der Waals surface area contributed by atoms with Crippen molar-refractivity contribution < 1.29 is 42.2 Å². The third-order valence-electron chi connectivity index (χ3n) is 1.66. The number of carbonyl (C=O) groups excluding carboxylic acids is 1. The summed E-state index contributed by atoms with van der Waals surface area (Å²) in [5.41, 5.74) is 9.05. The molecule has 0 saturated carbocycles. The zero-order chi connectivity index (χ0) is 9.14. The van der Waals surface area contributed by atoms with E-state index >= 15 is 0 Å². The van der Waals surface area contributed by atoms with Gasteiger partial charge in [0.25, 0.3) is 0 Å². The number of ether oxygens (including phenoxy) is 1. The van der Waals surface area contributed by atoms with Crippen LogP contribution in [0, 0.1) is 6.92 Å². The maximum absolute atomic E-state index is 11.0. The predicted molar refractivity (Wildman–Crippen MR) is 51.8 cm³/mol. The molecule has 1 aromatic rings. The van der Waals surface area contributed by atoms with E-state index in [-0.39, 0.29) is 38.9 Å². The molecule has 75 valence electrons. The van der Waals surface area contributed by atoms with E-state index in [1.165, 1.54) is 13.2 Å². The number of esters is 1. The Labute approximate surface area is 109 Å². The van der Waals surface area contributed by atoms with Crippen LogP contribution >= 0.6 is 0 Å². The van der Waals surface area contributed by atoms with Gasteiger partial charge in [0.15, 0.2) is 0 Å². The van der Waals surface area contributed by atoms with E-state index < -0.39 is 5.97 Å². The summed E-state index contributed by atoms with van der Waals surface area (Å²) in [6, 6.07) is 4.88. The van der Waals surface area contributed by atoms with Crippen molar-refractivity contribution in [1.29, 1.82) is 0 Å². The van der Waals surface area contributed by atoms with Gasteiger partial charge in [-0.15, -0.1) is 5.69 Å². The van der Waals surface area contributed by atoms with Crippen LogP contribution in [0.1, 0.15) is 15.9 Å². The first-order valence-corrected chi connectivity index (χ1v) is 3.55. The molecule has 0 atom stereocenters. The van der Waals surface area contributed by atoms with E-state index in [1.54, 1.807) is 12.1 Å². The third-order valence-corrected chi connectivity index (χ3v) is 1.66. The maximum Gasteiger partial charge on any atom is 0.337 e. The van der Waals surface area contributed by atoms with Crippen LogP contribution in [0.15, 0.2) is 18.2 Å². The Bertz CT molecular complexity index is 316. The second kappa shape index (κ2) is 6.93. The number of rotatable bonds is 1. The Morgan fingerprint density at radius 3 is 2.43 bits per heavy atom. The molecule has 0 spiro atoms. The predicted octanol–water partition coefficient (Wildman–Crippen LogP) is 3.18. The minimum absolute atomic E-state index is 0. The van der Waals surface area contributed by atoms with Gasteiger partial charge in [0.05, 0.1) is 12.7 Å². The molecule has 1 aromatic carbocycles. The molecule has 1 rings (SSSR count). The molecular formula is C9H12N2O2Y-2.